The summed E-state index contributed by atoms with van der Waals surface area (Å²) < 4.78 is 5.49. The van der Waals surface area contributed by atoms with Crippen molar-refractivity contribution in [1.82, 2.24) is 10.6 Å². The van der Waals surface area contributed by atoms with Gasteiger partial charge in [-0.25, -0.2) is 0 Å². The van der Waals surface area contributed by atoms with Crippen molar-refractivity contribution in [2.24, 2.45) is 0 Å². The Kier molecular flexibility index (Phi) is 7.43. The zero-order chi connectivity index (χ0) is 19.9. The van der Waals surface area contributed by atoms with Gasteiger partial charge in [-0.15, -0.1) is 11.8 Å². The van der Waals surface area contributed by atoms with Crippen molar-refractivity contribution in [1.29, 1.82) is 5.26 Å². The molecule has 2 atom stereocenters. The number of allylic oxidation sites excluding steroid dienone is 1. The van der Waals surface area contributed by atoms with E-state index in [1.165, 1.54) is 11.8 Å². The Bertz CT molecular complexity index is 796. The van der Waals surface area contributed by atoms with E-state index in [9.17, 15) is 14.9 Å². The number of benzene rings is 1. The third-order valence-corrected chi connectivity index (χ3v) is 6.53. The highest BCUT2D eigenvalue weighted by Gasteiger charge is 2.30. The zero-order valence-electron chi connectivity index (χ0n) is 15.7. The van der Waals surface area contributed by atoms with Crippen LogP contribution in [0.2, 0.25) is 0 Å². The first kappa shape index (κ1) is 20.8. The normalized spacial score (nSPS) is 21.9. The summed E-state index contributed by atoms with van der Waals surface area (Å²) in [5.74, 6) is -0.413. The highest BCUT2D eigenvalue weighted by Crippen LogP contribution is 2.36. The molecule has 2 aliphatic heterocycles. The van der Waals surface area contributed by atoms with Crippen molar-refractivity contribution in [3.8, 4) is 6.07 Å². The maximum absolute atomic E-state index is 12.2. The van der Waals surface area contributed by atoms with Crippen LogP contribution in [0.4, 0.5) is 0 Å². The summed E-state index contributed by atoms with van der Waals surface area (Å²) in [6, 6.07) is 10.1. The molecule has 148 valence electrons. The van der Waals surface area contributed by atoms with E-state index in [1.807, 2.05) is 30.5 Å². The minimum absolute atomic E-state index is 0.0888. The number of rotatable bonds is 7. The van der Waals surface area contributed by atoms with Crippen molar-refractivity contribution in [2.75, 3.05) is 25.2 Å². The lowest BCUT2D eigenvalue weighted by atomic mass is 9.87. The van der Waals surface area contributed by atoms with E-state index in [2.05, 4.69) is 16.7 Å². The van der Waals surface area contributed by atoms with Crippen LogP contribution in [0.1, 0.15) is 30.7 Å². The first-order valence-corrected chi connectivity index (χ1v) is 11.4. The van der Waals surface area contributed by atoms with Gasteiger partial charge in [0.2, 0.25) is 11.8 Å². The van der Waals surface area contributed by atoms with Crippen LogP contribution in [0, 0.1) is 11.3 Å². The number of hydrogen-bond acceptors (Lipinski definition) is 6. The molecule has 1 aromatic carbocycles. The standard InChI is InChI=1S/C20H23N3O3S2/c1-27-15-6-4-13(5-7-15)16-9-18(24)23-20(17(16)10-21)28-12-19(25)22-11-14-3-2-8-26-14/h4-7,14,16H,2-3,8-9,11-12H2,1H3,(H,22,25)(H,23,24)/t14-,16+/m1/s1. The molecule has 0 radical (unpaired) electrons. The number of nitrogens with zero attached hydrogens (tertiary/aromatic N) is 1. The fourth-order valence-corrected chi connectivity index (χ4v) is 4.59. The average molecular weight is 418 g/mol. The second kappa shape index (κ2) is 10.0. The van der Waals surface area contributed by atoms with Crippen molar-refractivity contribution in [3.63, 3.8) is 0 Å². The third kappa shape index (κ3) is 5.31. The SMILES string of the molecule is CSc1ccc([C@@H]2CC(=O)NC(SCC(=O)NC[C@H]3CCCO3)=C2C#N)cc1. The van der Waals surface area contributed by atoms with E-state index in [0.717, 1.165) is 29.9 Å². The molecule has 0 aromatic heterocycles. The number of hydrogen-bond donors (Lipinski definition) is 2. The first-order valence-electron chi connectivity index (χ1n) is 9.20. The molecule has 0 aliphatic carbocycles. The van der Waals surface area contributed by atoms with Crippen LogP contribution in [-0.2, 0) is 14.3 Å². The van der Waals surface area contributed by atoms with Gasteiger partial charge in [0.05, 0.1) is 28.5 Å². The summed E-state index contributed by atoms with van der Waals surface area (Å²) in [6.45, 7) is 1.25. The van der Waals surface area contributed by atoms with Gasteiger partial charge < -0.3 is 15.4 Å². The van der Waals surface area contributed by atoms with E-state index in [-0.39, 0.29) is 36.0 Å². The van der Waals surface area contributed by atoms with E-state index in [0.29, 0.717) is 17.1 Å². The highest BCUT2D eigenvalue weighted by atomic mass is 32.2. The predicted molar refractivity (Wildman–Crippen MR) is 111 cm³/mol. The lowest BCUT2D eigenvalue weighted by Gasteiger charge is -2.25. The Balaban J connectivity index is 1.66. The molecule has 28 heavy (non-hydrogen) atoms. The Morgan fingerprint density at radius 3 is 2.82 bits per heavy atom. The van der Waals surface area contributed by atoms with Crippen molar-refractivity contribution >= 4 is 35.3 Å². The Hall–Kier alpha value is -1.95. The van der Waals surface area contributed by atoms with Crippen LogP contribution in [0.3, 0.4) is 0 Å². The lowest BCUT2D eigenvalue weighted by molar-refractivity contribution is -0.121. The summed E-state index contributed by atoms with van der Waals surface area (Å²) in [5.41, 5.74) is 1.44. The number of nitriles is 1. The Labute approximate surface area is 173 Å². The van der Waals surface area contributed by atoms with Gasteiger partial charge in [0, 0.05) is 30.4 Å². The molecule has 2 amide bonds. The smallest absolute Gasteiger partial charge is 0.230 e. The molecule has 2 heterocycles. The summed E-state index contributed by atoms with van der Waals surface area (Å²) in [4.78, 5) is 25.5. The van der Waals surface area contributed by atoms with Gasteiger partial charge in [-0.1, -0.05) is 23.9 Å². The summed E-state index contributed by atoms with van der Waals surface area (Å²) in [7, 11) is 0. The minimum Gasteiger partial charge on any atom is -0.376 e. The van der Waals surface area contributed by atoms with Crippen LogP contribution < -0.4 is 10.6 Å². The quantitative estimate of drug-likeness (QED) is 0.663. The molecule has 6 nitrogen and oxygen atoms in total. The van der Waals surface area contributed by atoms with E-state index in [1.54, 1.807) is 11.8 Å². The maximum Gasteiger partial charge on any atom is 0.230 e. The maximum atomic E-state index is 12.2. The van der Waals surface area contributed by atoms with Crippen LogP contribution in [0.15, 0.2) is 39.8 Å². The van der Waals surface area contributed by atoms with Gasteiger partial charge in [0.25, 0.3) is 0 Å². The van der Waals surface area contributed by atoms with Crippen molar-refractivity contribution < 1.29 is 14.3 Å². The predicted octanol–water partition coefficient (Wildman–Crippen LogP) is 2.78. The largest absolute Gasteiger partial charge is 0.376 e. The van der Waals surface area contributed by atoms with Gasteiger partial charge in [-0.05, 0) is 36.8 Å². The topological polar surface area (TPSA) is 91.2 Å². The van der Waals surface area contributed by atoms with Crippen LogP contribution in [0.5, 0.6) is 0 Å². The molecule has 0 spiro atoms. The molecule has 3 rings (SSSR count). The van der Waals surface area contributed by atoms with E-state index >= 15 is 0 Å². The number of carbonyl (C=O) groups excluding carboxylic acids is 2. The molecule has 2 aliphatic rings. The molecule has 1 aromatic rings. The number of thioether (sulfide) groups is 2. The second-order valence-electron chi connectivity index (χ2n) is 6.66. The Morgan fingerprint density at radius 1 is 1.39 bits per heavy atom. The fourth-order valence-electron chi connectivity index (χ4n) is 3.28. The van der Waals surface area contributed by atoms with E-state index < -0.39 is 0 Å². The number of amides is 2. The van der Waals surface area contributed by atoms with Crippen molar-refractivity contribution in [2.45, 2.75) is 36.2 Å². The molecule has 0 unspecified atom stereocenters. The van der Waals surface area contributed by atoms with Gasteiger partial charge in [-0.2, -0.15) is 5.26 Å². The first-order chi connectivity index (χ1) is 13.6. The van der Waals surface area contributed by atoms with Gasteiger partial charge in [0.15, 0.2) is 0 Å². The van der Waals surface area contributed by atoms with Gasteiger partial charge in [0.1, 0.15) is 0 Å². The molecule has 0 bridgehead atoms. The second-order valence-corrected chi connectivity index (χ2v) is 8.53. The van der Waals surface area contributed by atoms with Crippen LogP contribution in [0.25, 0.3) is 0 Å². The monoisotopic (exact) mass is 417 g/mol. The lowest BCUT2D eigenvalue weighted by Crippen LogP contribution is -2.34. The zero-order valence-corrected chi connectivity index (χ0v) is 17.3. The fraction of sp³-hybridized carbons (Fsp3) is 0.450. The average Bonchev–Trinajstić information content (AvgIpc) is 3.24. The number of ether oxygens (including phenoxy) is 1. The summed E-state index contributed by atoms with van der Waals surface area (Å²) >= 11 is 2.84. The number of carbonyl (C=O) groups is 2. The molecule has 2 N–H and O–H groups in total. The van der Waals surface area contributed by atoms with Crippen molar-refractivity contribution in [3.05, 3.63) is 40.4 Å². The van der Waals surface area contributed by atoms with E-state index in [4.69, 9.17) is 4.74 Å². The van der Waals surface area contributed by atoms with Gasteiger partial charge >= 0.3 is 0 Å². The molecule has 0 saturated carbocycles. The molecule has 8 heteroatoms. The molecular weight excluding hydrogens is 394 g/mol. The number of nitrogens with one attached hydrogen (secondary N) is 2. The van der Waals surface area contributed by atoms with Crippen LogP contribution >= 0.6 is 23.5 Å². The third-order valence-electron chi connectivity index (χ3n) is 4.77. The summed E-state index contributed by atoms with van der Waals surface area (Å²) in [6.07, 6.45) is 4.31. The highest BCUT2D eigenvalue weighted by molar-refractivity contribution is 8.03. The molecular formula is C20H23N3O3S2. The molecule has 1 fully saturated rings. The van der Waals surface area contributed by atoms with Crippen LogP contribution in [-0.4, -0.2) is 43.1 Å². The minimum atomic E-state index is -0.285. The summed E-state index contributed by atoms with van der Waals surface area (Å²) in [5, 5.41) is 15.8. The Morgan fingerprint density at radius 2 is 2.18 bits per heavy atom. The van der Waals surface area contributed by atoms with Gasteiger partial charge in [-0.3, -0.25) is 9.59 Å². The molecule has 1 saturated heterocycles.